The molecule has 3 rings (SSSR count). The number of benzene rings is 2. The summed E-state index contributed by atoms with van der Waals surface area (Å²) in [4.78, 5) is 0. The average molecular weight is 238 g/mol. The molecule has 0 saturated heterocycles. The molecular formula is C15H14N2O. The third-order valence-electron chi connectivity index (χ3n) is 2.93. The molecule has 1 aromatic heterocycles. The molecule has 0 atom stereocenters. The van der Waals surface area contributed by atoms with Crippen molar-refractivity contribution in [2.45, 2.75) is 13.1 Å². The third kappa shape index (κ3) is 2.41. The van der Waals surface area contributed by atoms with E-state index in [0.29, 0.717) is 6.54 Å². The summed E-state index contributed by atoms with van der Waals surface area (Å²) in [7, 11) is 0. The van der Waals surface area contributed by atoms with Gasteiger partial charge in [0.1, 0.15) is 5.76 Å². The van der Waals surface area contributed by atoms with Gasteiger partial charge < -0.3 is 9.84 Å². The molecule has 18 heavy (non-hydrogen) atoms. The molecule has 0 fully saturated rings. The van der Waals surface area contributed by atoms with Crippen molar-refractivity contribution >= 4 is 10.8 Å². The summed E-state index contributed by atoms with van der Waals surface area (Å²) in [6.45, 7) is 1.53. The molecule has 1 heterocycles. The van der Waals surface area contributed by atoms with Gasteiger partial charge in [-0.3, -0.25) is 0 Å². The van der Waals surface area contributed by atoms with Crippen molar-refractivity contribution in [2.24, 2.45) is 0 Å². The van der Waals surface area contributed by atoms with E-state index in [1.807, 2.05) is 6.07 Å². The lowest BCUT2D eigenvalue weighted by Crippen LogP contribution is -2.11. The van der Waals surface area contributed by atoms with Gasteiger partial charge in [0.25, 0.3) is 0 Å². The number of hydrogen-bond acceptors (Lipinski definition) is 3. The Labute approximate surface area is 105 Å². The second-order valence-corrected chi connectivity index (χ2v) is 4.26. The van der Waals surface area contributed by atoms with Crippen molar-refractivity contribution in [2.75, 3.05) is 0 Å². The number of aromatic nitrogens is 1. The lowest BCUT2D eigenvalue weighted by atomic mass is 10.1. The van der Waals surface area contributed by atoms with Crippen LogP contribution in [0.2, 0.25) is 0 Å². The van der Waals surface area contributed by atoms with Crippen molar-refractivity contribution in [1.82, 2.24) is 10.5 Å². The molecule has 0 aliphatic rings. The fraction of sp³-hybridized carbons (Fsp3) is 0.133. The molecule has 0 spiro atoms. The molecule has 0 radical (unpaired) electrons. The quantitative estimate of drug-likeness (QED) is 0.759. The number of fused-ring (bicyclic) bond motifs is 1. The van der Waals surface area contributed by atoms with Gasteiger partial charge in [-0.1, -0.05) is 41.6 Å². The monoisotopic (exact) mass is 238 g/mol. The highest BCUT2D eigenvalue weighted by atomic mass is 16.5. The first-order valence-corrected chi connectivity index (χ1v) is 6.00. The SMILES string of the molecule is c1ccc2cc(CNCc3ccno3)ccc2c1. The van der Waals surface area contributed by atoms with E-state index < -0.39 is 0 Å². The van der Waals surface area contributed by atoms with Gasteiger partial charge in [0.2, 0.25) is 0 Å². The van der Waals surface area contributed by atoms with E-state index in [0.717, 1.165) is 12.3 Å². The maximum atomic E-state index is 5.03. The molecule has 0 aliphatic carbocycles. The van der Waals surface area contributed by atoms with E-state index in [2.05, 4.69) is 52.9 Å². The van der Waals surface area contributed by atoms with Crippen LogP contribution in [0, 0.1) is 0 Å². The standard InChI is InChI=1S/C15H14N2O/c1-2-4-14-9-12(5-6-13(14)3-1)10-16-11-15-7-8-17-18-15/h1-9,16H,10-11H2. The zero-order chi connectivity index (χ0) is 12.2. The van der Waals surface area contributed by atoms with E-state index in [1.54, 1.807) is 6.20 Å². The van der Waals surface area contributed by atoms with Crippen LogP contribution < -0.4 is 5.32 Å². The van der Waals surface area contributed by atoms with Gasteiger partial charge in [-0.05, 0) is 22.4 Å². The first-order chi connectivity index (χ1) is 8.92. The predicted octanol–water partition coefficient (Wildman–Crippen LogP) is 3.12. The lowest BCUT2D eigenvalue weighted by molar-refractivity contribution is 0.373. The number of hydrogen-bond donors (Lipinski definition) is 1. The largest absolute Gasteiger partial charge is 0.360 e. The van der Waals surface area contributed by atoms with Gasteiger partial charge >= 0.3 is 0 Å². The van der Waals surface area contributed by atoms with Crippen LogP contribution in [0.5, 0.6) is 0 Å². The highest BCUT2D eigenvalue weighted by molar-refractivity contribution is 5.82. The summed E-state index contributed by atoms with van der Waals surface area (Å²) < 4.78 is 5.03. The maximum Gasteiger partial charge on any atom is 0.150 e. The second kappa shape index (κ2) is 5.02. The fourth-order valence-electron chi connectivity index (χ4n) is 2.01. The zero-order valence-corrected chi connectivity index (χ0v) is 9.97. The molecular weight excluding hydrogens is 224 g/mol. The lowest BCUT2D eigenvalue weighted by Gasteiger charge is -2.04. The summed E-state index contributed by atoms with van der Waals surface area (Å²) in [6.07, 6.45) is 1.66. The van der Waals surface area contributed by atoms with Crippen LogP contribution in [0.15, 0.2) is 59.3 Å². The normalized spacial score (nSPS) is 10.9. The summed E-state index contributed by atoms with van der Waals surface area (Å²) >= 11 is 0. The molecule has 1 N–H and O–H groups in total. The van der Waals surface area contributed by atoms with Crippen LogP contribution in [0.25, 0.3) is 10.8 Å². The van der Waals surface area contributed by atoms with Crippen LogP contribution in [-0.2, 0) is 13.1 Å². The summed E-state index contributed by atoms with van der Waals surface area (Å²) in [5.74, 6) is 0.857. The molecule has 0 saturated carbocycles. The van der Waals surface area contributed by atoms with Gasteiger partial charge in [-0.15, -0.1) is 0 Å². The van der Waals surface area contributed by atoms with Crippen molar-refractivity contribution in [3.05, 3.63) is 66.1 Å². The highest BCUT2D eigenvalue weighted by Crippen LogP contribution is 2.15. The molecule has 0 unspecified atom stereocenters. The van der Waals surface area contributed by atoms with E-state index in [9.17, 15) is 0 Å². The van der Waals surface area contributed by atoms with Crippen LogP contribution in [-0.4, -0.2) is 5.16 Å². The van der Waals surface area contributed by atoms with Gasteiger partial charge in [0, 0.05) is 12.6 Å². The van der Waals surface area contributed by atoms with E-state index in [4.69, 9.17) is 4.52 Å². The van der Waals surface area contributed by atoms with Gasteiger partial charge in [-0.2, -0.15) is 0 Å². The van der Waals surface area contributed by atoms with E-state index in [-0.39, 0.29) is 0 Å². The first-order valence-electron chi connectivity index (χ1n) is 6.00. The van der Waals surface area contributed by atoms with Crippen LogP contribution in [0.3, 0.4) is 0 Å². The Balaban J connectivity index is 1.67. The minimum atomic E-state index is 0.701. The van der Waals surface area contributed by atoms with Crippen molar-refractivity contribution < 1.29 is 4.52 Å². The Morgan fingerprint density at radius 2 is 1.83 bits per heavy atom. The van der Waals surface area contributed by atoms with Crippen LogP contribution in [0.4, 0.5) is 0 Å². The maximum absolute atomic E-state index is 5.03. The summed E-state index contributed by atoms with van der Waals surface area (Å²) in [6, 6.07) is 16.8. The molecule has 0 amide bonds. The number of nitrogens with zero attached hydrogens (tertiary/aromatic N) is 1. The second-order valence-electron chi connectivity index (χ2n) is 4.26. The molecule has 0 bridgehead atoms. The summed E-state index contributed by atoms with van der Waals surface area (Å²) in [5, 5.41) is 9.56. The molecule has 90 valence electrons. The number of rotatable bonds is 4. The third-order valence-corrected chi connectivity index (χ3v) is 2.93. The minimum Gasteiger partial charge on any atom is -0.360 e. The van der Waals surface area contributed by atoms with E-state index in [1.165, 1.54) is 16.3 Å². The first kappa shape index (κ1) is 11.0. The summed E-state index contributed by atoms with van der Waals surface area (Å²) in [5.41, 5.74) is 1.27. The van der Waals surface area contributed by atoms with Gasteiger partial charge in [-0.25, -0.2) is 0 Å². The van der Waals surface area contributed by atoms with Gasteiger partial charge in [0.05, 0.1) is 12.7 Å². The smallest absolute Gasteiger partial charge is 0.150 e. The van der Waals surface area contributed by atoms with Crippen LogP contribution in [0.1, 0.15) is 11.3 Å². The molecule has 3 heteroatoms. The molecule has 3 nitrogen and oxygen atoms in total. The Bertz CT molecular complexity index is 632. The predicted molar refractivity (Wildman–Crippen MR) is 71.0 cm³/mol. The topological polar surface area (TPSA) is 38.1 Å². The molecule has 3 aromatic rings. The van der Waals surface area contributed by atoms with Crippen molar-refractivity contribution in [1.29, 1.82) is 0 Å². The number of nitrogens with one attached hydrogen (secondary N) is 1. The van der Waals surface area contributed by atoms with Crippen LogP contribution >= 0.6 is 0 Å². The van der Waals surface area contributed by atoms with Crippen molar-refractivity contribution in [3.8, 4) is 0 Å². The van der Waals surface area contributed by atoms with E-state index >= 15 is 0 Å². The zero-order valence-electron chi connectivity index (χ0n) is 9.97. The Kier molecular flexibility index (Phi) is 3.07. The Hall–Kier alpha value is -2.13. The average Bonchev–Trinajstić information content (AvgIpc) is 2.92. The Morgan fingerprint density at radius 1 is 0.944 bits per heavy atom. The minimum absolute atomic E-state index is 0.701. The molecule has 2 aromatic carbocycles. The van der Waals surface area contributed by atoms with Gasteiger partial charge in [0.15, 0.2) is 0 Å². The Morgan fingerprint density at radius 3 is 2.67 bits per heavy atom. The van der Waals surface area contributed by atoms with Crippen molar-refractivity contribution in [3.63, 3.8) is 0 Å². The fourth-order valence-corrected chi connectivity index (χ4v) is 2.01. The highest BCUT2D eigenvalue weighted by Gasteiger charge is 1.98. The molecule has 0 aliphatic heterocycles.